The van der Waals surface area contributed by atoms with Crippen molar-refractivity contribution in [2.75, 3.05) is 19.5 Å². The molecule has 0 aliphatic carbocycles. The second-order valence-corrected chi connectivity index (χ2v) is 2.81. The molecular weight excluding hydrogens is 198 g/mol. The van der Waals surface area contributed by atoms with Crippen molar-refractivity contribution in [3.8, 4) is 0 Å². The fraction of sp³-hybridized carbons (Fsp3) is 0.200. The molecule has 0 bridgehead atoms. The van der Waals surface area contributed by atoms with Crippen LogP contribution < -0.4 is 5.32 Å². The highest BCUT2D eigenvalue weighted by Gasteiger charge is 2.12. The molecule has 0 radical (unpaired) electrons. The van der Waals surface area contributed by atoms with Crippen molar-refractivity contribution in [2.24, 2.45) is 0 Å². The molecule has 0 unspecified atom stereocenters. The average Bonchev–Trinajstić information content (AvgIpc) is 2.26. The van der Waals surface area contributed by atoms with Crippen molar-refractivity contribution >= 4 is 17.6 Å². The smallest absolute Gasteiger partial charge is 0.337 e. The van der Waals surface area contributed by atoms with E-state index in [-0.39, 0.29) is 5.56 Å². The van der Waals surface area contributed by atoms with Gasteiger partial charge in [0.2, 0.25) is 0 Å². The van der Waals surface area contributed by atoms with E-state index >= 15 is 0 Å². The molecule has 1 aromatic carbocycles. The second-order valence-electron chi connectivity index (χ2n) is 2.81. The van der Waals surface area contributed by atoms with Crippen LogP contribution in [0.5, 0.6) is 0 Å². The first kappa shape index (κ1) is 11.0. The Labute approximate surface area is 86.7 Å². The maximum atomic E-state index is 11.2. The van der Waals surface area contributed by atoms with E-state index < -0.39 is 11.9 Å². The summed E-state index contributed by atoms with van der Waals surface area (Å²) in [7, 11) is 2.86. The Morgan fingerprint density at radius 2 is 2.07 bits per heavy atom. The predicted molar refractivity (Wildman–Crippen MR) is 54.3 cm³/mol. The highest BCUT2D eigenvalue weighted by atomic mass is 16.5. The van der Waals surface area contributed by atoms with Gasteiger partial charge in [-0.1, -0.05) is 0 Å². The number of carboxylic acid groups (broad SMARTS) is 1. The fourth-order valence-electron chi connectivity index (χ4n) is 1.18. The van der Waals surface area contributed by atoms with E-state index in [0.717, 1.165) is 0 Å². The molecule has 0 aliphatic heterocycles. The first-order valence-corrected chi connectivity index (χ1v) is 4.23. The SMILES string of the molecule is CNc1cc(C(=O)OC)ccc1C(=O)O. The quantitative estimate of drug-likeness (QED) is 0.732. The van der Waals surface area contributed by atoms with Crippen LogP contribution in [0, 0.1) is 0 Å². The van der Waals surface area contributed by atoms with Gasteiger partial charge in [0.05, 0.1) is 18.2 Å². The number of hydrogen-bond acceptors (Lipinski definition) is 4. The molecule has 0 amide bonds. The van der Waals surface area contributed by atoms with E-state index in [4.69, 9.17) is 5.11 Å². The zero-order chi connectivity index (χ0) is 11.4. The van der Waals surface area contributed by atoms with E-state index in [9.17, 15) is 9.59 Å². The van der Waals surface area contributed by atoms with Crippen LogP contribution in [0.1, 0.15) is 20.7 Å². The lowest BCUT2D eigenvalue weighted by Gasteiger charge is -2.07. The summed E-state index contributed by atoms with van der Waals surface area (Å²) in [4.78, 5) is 21.9. The van der Waals surface area contributed by atoms with E-state index in [1.165, 1.54) is 25.3 Å². The molecule has 2 N–H and O–H groups in total. The Balaban J connectivity index is 3.19. The van der Waals surface area contributed by atoms with Gasteiger partial charge < -0.3 is 15.2 Å². The van der Waals surface area contributed by atoms with Crippen molar-refractivity contribution in [1.29, 1.82) is 0 Å². The van der Waals surface area contributed by atoms with Gasteiger partial charge in [-0.25, -0.2) is 9.59 Å². The highest BCUT2D eigenvalue weighted by molar-refractivity contribution is 5.97. The molecule has 1 aromatic rings. The minimum absolute atomic E-state index is 0.116. The van der Waals surface area contributed by atoms with Crippen molar-refractivity contribution in [2.45, 2.75) is 0 Å². The van der Waals surface area contributed by atoms with E-state index in [1.54, 1.807) is 7.05 Å². The van der Waals surface area contributed by atoms with Crippen molar-refractivity contribution < 1.29 is 19.4 Å². The average molecular weight is 209 g/mol. The lowest BCUT2D eigenvalue weighted by Crippen LogP contribution is -2.06. The molecule has 1 rings (SSSR count). The largest absolute Gasteiger partial charge is 0.478 e. The van der Waals surface area contributed by atoms with Crippen LogP contribution in [0.2, 0.25) is 0 Å². The van der Waals surface area contributed by atoms with Crippen LogP contribution in [0.25, 0.3) is 0 Å². The minimum Gasteiger partial charge on any atom is -0.478 e. The fourth-order valence-corrected chi connectivity index (χ4v) is 1.18. The van der Waals surface area contributed by atoms with Crippen LogP contribution in [0.4, 0.5) is 5.69 Å². The summed E-state index contributed by atoms with van der Waals surface area (Å²) >= 11 is 0. The standard InChI is InChI=1S/C10H11NO4/c1-11-8-5-6(10(14)15-2)3-4-7(8)9(12)13/h3-5,11H,1-2H3,(H,12,13). The van der Waals surface area contributed by atoms with Crippen LogP contribution in [0.3, 0.4) is 0 Å². The molecule has 0 heterocycles. The third-order valence-electron chi connectivity index (χ3n) is 1.94. The topological polar surface area (TPSA) is 75.6 Å². The number of carboxylic acids is 1. The third-order valence-corrected chi connectivity index (χ3v) is 1.94. The molecule has 5 heteroatoms. The molecular formula is C10H11NO4. The summed E-state index contributed by atoms with van der Waals surface area (Å²) in [6.45, 7) is 0. The van der Waals surface area contributed by atoms with Gasteiger partial charge in [-0.15, -0.1) is 0 Å². The molecule has 0 aliphatic rings. The number of esters is 1. The highest BCUT2D eigenvalue weighted by Crippen LogP contribution is 2.17. The van der Waals surface area contributed by atoms with Crippen molar-refractivity contribution in [3.63, 3.8) is 0 Å². The van der Waals surface area contributed by atoms with Crippen LogP contribution in [-0.4, -0.2) is 31.2 Å². The summed E-state index contributed by atoms with van der Waals surface area (Å²) in [5, 5.41) is 11.5. The summed E-state index contributed by atoms with van der Waals surface area (Å²) in [6, 6.07) is 4.21. The normalized spacial score (nSPS) is 9.47. The Hall–Kier alpha value is -2.04. The summed E-state index contributed by atoms with van der Waals surface area (Å²) in [6.07, 6.45) is 0. The number of aromatic carboxylic acids is 1. The van der Waals surface area contributed by atoms with Crippen LogP contribution >= 0.6 is 0 Å². The monoisotopic (exact) mass is 209 g/mol. The number of ether oxygens (including phenoxy) is 1. The van der Waals surface area contributed by atoms with Gasteiger partial charge in [-0.2, -0.15) is 0 Å². The lowest BCUT2D eigenvalue weighted by molar-refractivity contribution is 0.0598. The Morgan fingerprint density at radius 3 is 2.53 bits per heavy atom. The van der Waals surface area contributed by atoms with Gasteiger partial charge in [-0.3, -0.25) is 0 Å². The zero-order valence-electron chi connectivity index (χ0n) is 8.40. The van der Waals surface area contributed by atoms with Crippen LogP contribution in [0.15, 0.2) is 18.2 Å². The van der Waals surface area contributed by atoms with Crippen molar-refractivity contribution in [1.82, 2.24) is 0 Å². The van der Waals surface area contributed by atoms with Gasteiger partial charge in [-0.05, 0) is 18.2 Å². The van der Waals surface area contributed by atoms with E-state index in [0.29, 0.717) is 11.3 Å². The molecule has 0 aromatic heterocycles. The molecule has 0 saturated carbocycles. The number of carbonyl (C=O) groups is 2. The van der Waals surface area contributed by atoms with Gasteiger partial charge in [0, 0.05) is 12.7 Å². The molecule has 0 spiro atoms. The van der Waals surface area contributed by atoms with Gasteiger partial charge in [0.15, 0.2) is 0 Å². The zero-order valence-corrected chi connectivity index (χ0v) is 8.40. The summed E-state index contributed by atoms with van der Waals surface area (Å²) in [5.74, 6) is -1.54. The van der Waals surface area contributed by atoms with Gasteiger partial charge in [0.1, 0.15) is 0 Å². The number of anilines is 1. The van der Waals surface area contributed by atoms with Crippen molar-refractivity contribution in [3.05, 3.63) is 29.3 Å². The number of hydrogen-bond donors (Lipinski definition) is 2. The lowest BCUT2D eigenvalue weighted by atomic mass is 10.1. The molecule has 0 saturated heterocycles. The number of rotatable bonds is 3. The second kappa shape index (κ2) is 4.45. The Bertz CT molecular complexity index is 400. The van der Waals surface area contributed by atoms with E-state index in [1.807, 2.05) is 0 Å². The Morgan fingerprint density at radius 1 is 1.40 bits per heavy atom. The first-order valence-electron chi connectivity index (χ1n) is 4.23. The predicted octanol–water partition coefficient (Wildman–Crippen LogP) is 1.21. The van der Waals surface area contributed by atoms with E-state index in [2.05, 4.69) is 10.1 Å². The first-order chi connectivity index (χ1) is 7.10. The molecule has 0 fully saturated rings. The number of benzene rings is 1. The maximum Gasteiger partial charge on any atom is 0.337 e. The summed E-state index contributed by atoms with van der Waals surface area (Å²) < 4.78 is 4.52. The summed E-state index contributed by atoms with van der Waals surface area (Å²) in [5.41, 5.74) is 0.808. The van der Waals surface area contributed by atoms with Gasteiger partial charge in [0.25, 0.3) is 0 Å². The van der Waals surface area contributed by atoms with Gasteiger partial charge >= 0.3 is 11.9 Å². The molecule has 15 heavy (non-hydrogen) atoms. The van der Waals surface area contributed by atoms with Crippen LogP contribution in [-0.2, 0) is 4.74 Å². The molecule has 80 valence electrons. The number of nitrogens with one attached hydrogen (secondary N) is 1. The number of methoxy groups -OCH3 is 1. The maximum absolute atomic E-state index is 11.2. The number of carbonyl (C=O) groups excluding carboxylic acids is 1. The Kier molecular flexibility index (Phi) is 3.28. The minimum atomic E-state index is -1.05. The molecule has 0 atom stereocenters. The molecule has 5 nitrogen and oxygen atoms in total. The third kappa shape index (κ3) is 2.25.